The van der Waals surface area contributed by atoms with E-state index in [1.54, 1.807) is 7.05 Å². The van der Waals surface area contributed by atoms with E-state index >= 15 is 0 Å². The fourth-order valence-corrected chi connectivity index (χ4v) is 2.86. The van der Waals surface area contributed by atoms with E-state index in [-0.39, 0.29) is 5.91 Å². The molecule has 1 aromatic carbocycles. The average Bonchev–Trinajstić information content (AvgIpc) is 2.86. The second-order valence-corrected chi connectivity index (χ2v) is 5.36. The van der Waals surface area contributed by atoms with Gasteiger partial charge in [0, 0.05) is 7.05 Å². The van der Waals surface area contributed by atoms with Crippen LogP contribution in [0, 0.1) is 6.92 Å². The van der Waals surface area contributed by atoms with Crippen molar-refractivity contribution in [2.75, 3.05) is 13.7 Å². The quantitative estimate of drug-likeness (QED) is 0.919. The normalized spacial score (nSPS) is 10.3. The molecule has 0 aliphatic heterocycles. The fraction of sp³-hybridized carbons (Fsp3) is 0.333. The monoisotopic (exact) mass is 290 g/mol. The molecule has 1 aromatic heterocycles. The first-order chi connectivity index (χ1) is 9.67. The highest BCUT2D eigenvalue weighted by Crippen LogP contribution is 2.34. The number of thiazole rings is 1. The summed E-state index contributed by atoms with van der Waals surface area (Å²) < 4.78 is 5.74. The van der Waals surface area contributed by atoms with Crippen molar-refractivity contribution in [1.82, 2.24) is 10.3 Å². The Morgan fingerprint density at radius 1 is 1.40 bits per heavy atom. The minimum atomic E-state index is -0.0989. The number of ether oxygens (including phenoxy) is 1. The van der Waals surface area contributed by atoms with E-state index in [9.17, 15) is 4.79 Å². The fourth-order valence-electron chi connectivity index (χ4n) is 1.82. The van der Waals surface area contributed by atoms with E-state index in [2.05, 4.69) is 17.2 Å². The van der Waals surface area contributed by atoms with Gasteiger partial charge in [0.1, 0.15) is 15.6 Å². The van der Waals surface area contributed by atoms with Crippen molar-refractivity contribution in [1.29, 1.82) is 0 Å². The molecule has 0 bridgehead atoms. The molecule has 0 fully saturated rings. The molecule has 1 amide bonds. The third-order valence-corrected chi connectivity index (χ3v) is 4.00. The van der Waals surface area contributed by atoms with Crippen molar-refractivity contribution in [3.05, 3.63) is 34.8 Å². The topological polar surface area (TPSA) is 51.2 Å². The molecule has 2 rings (SSSR count). The van der Waals surface area contributed by atoms with Gasteiger partial charge in [0.25, 0.3) is 5.91 Å². The molecule has 20 heavy (non-hydrogen) atoms. The van der Waals surface area contributed by atoms with Gasteiger partial charge in [-0.05, 0) is 25.5 Å². The predicted molar refractivity (Wildman–Crippen MR) is 81.5 cm³/mol. The van der Waals surface area contributed by atoms with E-state index in [4.69, 9.17) is 4.74 Å². The van der Waals surface area contributed by atoms with Crippen LogP contribution in [0.15, 0.2) is 24.3 Å². The third kappa shape index (κ3) is 2.99. The lowest BCUT2D eigenvalue weighted by Gasteiger charge is -2.08. The molecule has 0 aliphatic carbocycles. The zero-order valence-corrected chi connectivity index (χ0v) is 12.7. The molecule has 0 saturated heterocycles. The smallest absolute Gasteiger partial charge is 0.263 e. The lowest BCUT2D eigenvalue weighted by molar-refractivity contribution is 0.0966. The van der Waals surface area contributed by atoms with E-state index in [0.717, 1.165) is 28.4 Å². The molecule has 1 N–H and O–H groups in total. The van der Waals surface area contributed by atoms with Gasteiger partial charge < -0.3 is 10.1 Å². The molecule has 4 nitrogen and oxygen atoms in total. The second kappa shape index (κ2) is 6.52. The average molecular weight is 290 g/mol. The molecular weight excluding hydrogens is 272 g/mol. The van der Waals surface area contributed by atoms with Crippen LogP contribution in [0.1, 0.15) is 28.7 Å². The highest BCUT2D eigenvalue weighted by molar-refractivity contribution is 7.17. The number of amides is 1. The van der Waals surface area contributed by atoms with Crippen LogP contribution in [-0.4, -0.2) is 24.5 Å². The largest absolute Gasteiger partial charge is 0.493 e. The summed E-state index contributed by atoms with van der Waals surface area (Å²) in [5.41, 5.74) is 1.68. The van der Waals surface area contributed by atoms with Crippen LogP contribution in [0.3, 0.4) is 0 Å². The first-order valence-corrected chi connectivity index (χ1v) is 7.40. The summed E-state index contributed by atoms with van der Waals surface area (Å²) in [5, 5.41) is 3.45. The van der Waals surface area contributed by atoms with E-state index < -0.39 is 0 Å². The molecule has 0 atom stereocenters. The number of benzene rings is 1. The van der Waals surface area contributed by atoms with Crippen molar-refractivity contribution in [2.24, 2.45) is 0 Å². The van der Waals surface area contributed by atoms with E-state index in [1.807, 2.05) is 31.2 Å². The number of nitrogens with zero attached hydrogens (tertiary/aromatic N) is 1. The lowest BCUT2D eigenvalue weighted by atomic mass is 10.2. The van der Waals surface area contributed by atoms with Gasteiger partial charge in [-0.25, -0.2) is 4.98 Å². The summed E-state index contributed by atoms with van der Waals surface area (Å²) in [6, 6.07) is 7.79. The van der Waals surface area contributed by atoms with Crippen LogP contribution in [0.25, 0.3) is 10.6 Å². The van der Waals surface area contributed by atoms with Gasteiger partial charge in [0.15, 0.2) is 0 Å². The van der Waals surface area contributed by atoms with Gasteiger partial charge >= 0.3 is 0 Å². The Kier molecular flexibility index (Phi) is 4.74. The Labute approximate surface area is 122 Å². The van der Waals surface area contributed by atoms with Crippen LogP contribution < -0.4 is 10.1 Å². The van der Waals surface area contributed by atoms with E-state index in [1.165, 1.54) is 11.3 Å². The van der Waals surface area contributed by atoms with Crippen molar-refractivity contribution in [3.8, 4) is 16.3 Å². The predicted octanol–water partition coefficient (Wildman–Crippen LogP) is 3.27. The molecule has 0 aliphatic rings. The Morgan fingerprint density at radius 2 is 2.15 bits per heavy atom. The van der Waals surface area contributed by atoms with Crippen LogP contribution in [0.2, 0.25) is 0 Å². The Hall–Kier alpha value is -1.88. The number of hydrogen-bond acceptors (Lipinski definition) is 4. The summed E-state index contributed by atoms with van der Waals surface area (Å²) in [5.74, 6) is 0.713. The number of rotatable bonds is 5. The Balaban J connectivity index is 2.39. The number of para-hydroxylation sites is 1. The number of aryl methyl sites for hydroxylation is 1. The summed E-state index contributed by atoms with van der Waals surface area (Å²) in [4.78, 5) is 16.9. The molecule has 0 radical (unpaired) electrons. The van der Waals surface area contributed by atoms with Crippen molar-refractivity contribution >= 4 is 17.2 Å². The maximum atomic E-state index is 11.8. The number of hydrogen-bond donors (Lipinski definition) is 1. The van der Waals surface area contributed by atoms with Crippen molar-refractivity contribution in [2.45, 2.75) is 20.3 Å². The SMILES string of the molecule is CCCOc1ccccc1-c1nc(C)c(C(=O)NC)s1. The van der Waals surface area contributed by atoms with Gasteiger partial charge in [-0.3, -0.25) is 4.79 Å². The number of carbonyl (C=O) groups excluding carboxylic acids is 1. The first kappa shape index (κ1) is 14.5. The van der Waals surface area contributed by atoms with Gasteiger partial charge in [-0.1, -0.05) is 19.1 Å². The third-order valence-electron chi connectivity index (χ3n) is 2.81. The summed E-state index contributed by atoms with van der Waals surface area (Å²) in [6.45, 7) is 4.59. The zero-order valence-electron chi connectivity index (χ0n) is 11.9. The van der Waals surface area contributed by atoms with Gasteiger partial charge in [-0.15, -0.1) is 11.3 Å². The number of carbonyl (C=O) groups is 1. The summed E-state index contributed by atoms with van der Waals surface area (Å²) in [6.07, 6.45) is 0.953. The molecule has 106 valence electrons. The van der Waals surface area contributed by atoms with Crippen molar-refractivity contribution < 1.29 is 9.53 Å². The molecule has 0 unspecified atom stereocenters. The standard InChI is InChI=1S/C15H18N2O2S/c1-4-9-19-12-8-6-5-7-11(12)15-17-10(2)13(20-15)14(18)16-3/h5-8H,4,9H2,1-3H3,(H,16,18). The molecule has 1 heterocycles. The first-order valence-electron chi connectivity index (χ1n) is 6.59. The van der Waals surface area contributed by atoms with Crippen LogP contribution >= 0.6 is 11.3 Å². The Morgan fingerprint density at radius 3 is 2.85 bits per heavy atom. The maximum absolute atomic E-state index is 11.8. The zero-order chi connectivity index (χ0) is 14.5. The Bertz CT molecular complexity index is 608. The molecular formula is C15H18N2O2S. The molecule has 0 saturated carbocycles. The summed E-state index contributed by atoms with van der Waals surface area (Å²) >= 11 is 1.39. The minimum Gasteiger partial charge on any atom is -0.493 e. The molecule has 0 spiro atoms. The highest BCUT2D eigenvalue weighted by atomic mass is 32.1. The molecule has 5 heteroatoms. The van der Waals surface area contributed by atoms with Crippen LogP contribution in [0.4, 0.5) is 0 Å². The van der Waals surface area contributed by atoms with Gasteiger partial charge in [0.05, 0.1) is 17.9 Å². The van der Waals surface area contributed by atoms with Gasteiger partial charge in [-0.2, -0.15) is 0 Å². The van der Waals surface area contributed by atoms with Crippen LogP contribution in [-0.2, 0) is 0 Å². The van der Waals surface area contributed by atoms with Crippen molar-refractivity contribution in [3.63, 3.8) is 0 Å². The molecule has 2 aromatic rings. The summed E-state index contributed by atoms with van der Waals surface area (Å²) in [7, 11) is 1.62. The van der Waals surface area contributed by atoms with Crippen LogP contribution in [0.5, 0.6) is 5.75 Å². The van der Waals surface area contributed by atoms with E-state index in [0.29, 0.717) is 11.5 Å². The van der Waals surface area contributed by atoms with Gasteiger partial charge in [0.2, 0.25) is 0 Å². The number of aromatic nitrogens is 1. The highest BCUT2D eigenvalue weighted by Gasteiger charge is 2.17. The second-order valence-electron chi connectivity index (χ2n) is 4.36. The minimum absolute atomic E-state index is 0.0989. The number of nitrogens with one attached hydrogen (secondary N) is 1. The lowest BCUT2D eigenvalue weighted by Crippen LogP contribution is -2.17. The maximum Gasteiger partial charge on any atom is 0.263 e.